The highest BCUT2D eigenvalue weighted by atomic mass is 16.4. The number of hydrogen-bond acceptors (Lipinski definition) is 6. The molecule has 0 aliphatic rings. The molecule has 4 N–H and O–H groups in total. The van der Waals surface area contributed by atoms with E-state index in [2.05, 4.69) is 10.6 Å². The van der Waals surface area contributed by atoms with Gasteiger partial charge >= 0.3 is 7.12 Å². The third-order valence-corrected chi connectivity index (χ3v) is 6.04. The average molecular weight is 481 g/mol. The Labute approximate surface area is 210 Å². The van der Waals surface area contributed by atoms with Gasteiger partial charge in [-0.1, -0.05) is 42.5 Å². The summed E-state index contributed by atoms with van der Waals surface area (Å²) in [5, 5.41) is 27.2. The van der Waals surface area contributed by atoms with Gasteiger partial charge < -0.3 is 25.6 Å². The van der Waals surface area contributed by atoms with E-state index in [0.29, 0.717) is 23.3 Å². The number of nitrogens with zero attached hydrogens (tertiary/aromatic N) is 1. The standard InChI is InChI=1S/C28H28BN3O4/c1-19(33)20-7-8-22-16-26(14-9-21(22)15-20)32(2)18-28(34)31-25-12-10-24(11-13-25)30-17-23-5-3-4-6-27(23)29(35)36/h3-16,30,35-36H,17-18H2,1-2H3,(H,31,34). The highest BCUT2D eigenvalue weighted by Gasteiger charge is 2.15. The van der Waals surface area contributed by atoms with Gasteiger partial charge in [-0.2, -0.15) is 0 Å². The summed E-state index contributed by atoms with van der Waals surface area (Å²) in [7, 11) is 0.340. The lowest BCUT2D eigenvalue weighted by Gasteiger charge is -2.19. The first-order chi connectivity index (χ1) is 17.3. The zero-order valence-corrected chi connectivity index (χ0v) is 20.2. The summed E-state index contributed by atoms with van der Waals surface area (Å²) in [6.07, 6.45) is 0. The van der Waals surface area contributed by atoms with Crippen LogP contribution in [0, 0.1) is 0 Å². The predicted molar refractivity (Wildman–Crippen MR) is 146 cm³/mol. The Morgan fingerprint density at radius 3 is 2.25 bits per heavy atom. The fourth-order valence-corrected chi connectivity index (χ4v) is 4.01. The summed E-state index contributed by atoms with van der Waals surface area (Å²) in [6.45, 7) is 2.17. The normalized spacial score (nSPS) is 10.7. The maximum absolute atomic E-state index is 12.6. The zero-order chi connectivity index (χ0) is 25.7. The van der Waals surface area contributed by atoms with Gasteiger partial charge in [-0.3, -0.25) is 9.59 Å². The van der Waals surface area contributed by atoms with Crippen LogP contribution in [0.4, 0.5) is 17.1 Å². The Balaban J connectivity index is 1.33. The minimum Gasteiger partial charge on any atom is -0.423 e. The number of fused-ring (bicyclic) bond motifs is 1. The summed E-state index contributed by atoms with van der Waals surface area (Å²) in [4.78, 5) is 26.1. The number of rotatable bonds is 9. The maximum Gasteiger partial charge on any atom is 0.488 e. The molecule has 182 valence electrons. The Hall–Kier alpha value is -4.14. The van der Waals surface area contributed by atoms with Crippen LogP contribution in [-0.4, -0.2) is 42.4 Å². The van der Waals surface area contributed by atoms with Gasteiger partial charge in [0, 0.05) is 36.2 Å². The van der Waals surface area contributed by atoms with Crippen LogP contribution in [0.1, 0.15) is 22.8 Å². The summed E-state index contributed by atoms with van der Waals surface area (Å²) in [6, 6.07) is 26.0. The monoisotopic (exact) mass is 481 g/mol. The molecule has 0 aliphatic carbocycles. The van der Waals surface area contributed by atoms with E-state index in [-0.39, 0.29) is 18.2 Å². The van der Waals surface area contributed by atoms with Crippen LogP contribution in [0.5, 0.6) is 0 Å². The van der Waals surface area contributed by atoms with Crippen LogP contribution in [0.2, 0.25) is 0 Å². The van der Waals surface area contributed by atoms with Gasteiger partial charge in [0.05, 0.1) is 6.54 Å². The number of hydrogen-bond donors (Lipinski definition) is 4. The lowest BCUT2D eigenvalue weighted by atomic mass is 9.77. The van der Waals surface area contributed by atoms with Crippen LogP contribution in [0.15, 0.2) is 84.9 Å². The summed E-state index contributed by atoms with van der Waals surface area (Å²) >= 11 is 0. The van der Waals surface area contributed by atoms with Gasteiger partial charge in [-0.25, -0.2) is 0 Å². The number of Topliss-reactive ketones (excluding diaryl/α,β-unsaturated/α-hetero) is 1. The topological polar surface area (TPSA) is 102 Å². The second-order valence-corrected chi connectivity index (χ2v) is 8.71. The molecule has 0 aromatic heterocycles. The van der Waals surface area contributed by atoms with Crippen molar-refractivity contribution < 1.29 is 19.6 Å². The molecule has 4 rings (SSSR count). The minimum atomic E-state index is -1.52. The molecule has 4 aromatic carbocycles. The van der Waals surface area contributed by atoms with Crippen molar-refractivity contribution in [1.29, 1.82) is 0 Å². The van der Waals surface area contributed by atoms with Crippen molar-refractivity contribution in [3.8, 4) is 0 Å². The number of nitrogens with one attached hydrogen (secondary N) is 2. The van der Waals surface area contributed by atoms with Gasteiger partial charge in [-0.15, -0.1) is 0 Å². The summed E-state index contributed by atoms with van der Waals surface area (Å²) in [5.41, 5.74) is 4.36. The molecule has 0 heterocycles. The van der Waals surface area contributed by atoms with E-state index in [1.165, 1.54) is 0 Å². The fraction of sp³-hybridized carbons (Fsp3) is 0.143. The number of ketones is 1. The van der Waals surface area contributed by atoms with Crippen molar-refractivity contribution in [2.24, 2.45) is 0 Å². The van der Waals surface area contributed by atoms with E-state index in [1.807, 2.05) is 84.7 Å². The van der Waals surface area contributed by atoms with Gasteiger partial charge in [0.15, 0.2) is 5.78 Å². The molecule has 0 radical (unpaired) electrons. The Morgan fingerprint density at radius 1 is 0.861 bits per heavy atom. The SMILES string of the molecule is CC(=O)c1ccc2cc(N(C)CC(=O)Nc3ccc(NCc4ccccc4B(O)O)cc3)ccc2c1. The second-order valence-electron chi connectivity index (χ2n) is 8.71. The minimum absolute atomic E-state index is 0.0328. The number of anilines is 3. The highest BCUT2D eigenvalue weighted by Crippen LogP contribution is 2.23. The molecule has 0 spiro atoms. The predicted octanol–water partition coefficient (Wildman–Crippen LogP) is 3.41. The lowest BCUT2D eigenvalue weighted by Crippen LogP contribution is -2.33. The number of carbonyl (C=O) groups is 2. The smallest absolute Gasteiger partial charge is 0.423 e. The first kappa shape index (κ1) is 25.0. The molecule has 8 heteroatoms. The van der Waals surface area contributed by atoms with Crippen LogP contribution in [-0.2, 0) is 11.3 Å². The Morgan fingerprint density at radius 2 is 1.53 bits per heavy atom. The largest absolute Gasteiger partial charge is 0.488 e. The highest BCUT2D eigenvalue weighted by molar-refractivity contribution is 6.59. The first-order valence-corrected chi connectivity index (χ1v) is 11.6. The summed E-state index contributed by atoms with van der Waals surface area (Å²) in [5.74, 6) is -0.110. The molecule has 0 saturated heterocycles. The molecule has 0 bridgehead atoms. The molecule has 0 unspecified atom stereocenters. The van der Waals surface area contributed by atoms with Crippen molar-refractivity contribution in [3.63, 3.8) is 0 Å². The van der Waals surface area contributed by atoms with Crippen LogP contribution in [0.25, 0.3) is 10.8 Å². The van der Waals surface area contributed by atoms with Gasteiger partial charge in [0.2, 0.25) is 5.91 Å². The molecule has 0 aliphatic heterocycles. The maximum atomic E-state index is 12.6. The van der Waals surface area contributed by atoms with Crippen LogP contribution in [0.3, 0.4) is 0 Å². The van der Waals surface area contributed by atoms with Gasteiger partial charge in [-0.05, 0) is 71.2 Å². The van der Waals surface area contributed by atoms with Crippen molar-refractivity contribution in [1.82, 2.24) is 0 Å². The molecule has 36 heavy (non-hydrogen) atoms. The average Bonchev–Trinajstić information content (AvgIpc) is 2.87. The molecule has 0 saturated carbocycles. The zero-order valence-electron chi connectivity index (χ0n) is 20.2. The van der Waals surface area contributed by atoms with E-state index < -0.39 is 7.12 Å². The van der Waals surface area contributed by atoms with Gasteiger partial charge in [0.1, 0.15) is 0 Å². The number of benzene rings is 4. The molecular weight excluding hydrogens is 453 g/mol. The third kappa shape index (κ3) is 6.10. The van der Waals surface area contributed by atoms with Crippen molar-refractivity contribution in [2.75, 3.05) is 29.1 Å². The van der Waals surface area contributed by atoms with Crippen molar-refractivity contribution in [2.45, 2.75) is 13.5 Å². The van der Waals surface area contributed by atoms with E-state index >= 15 is 0 Å². The van der Waals surface area contributed by atoms with Crippen LogP contribution >= 0.6 is 0 Å². The molecule has 1 amide bonds. The third-order valence-electron chi connectivity index (χ3n) is 6.04. The second kappa shape index (κ2) is 11.1. The summed E-state index contributed by atoms with van der Waals surface area (Å²) < 4.78 is 0. The first-order valence-electron chi connectivity index (χ1n) is 11.6. The molecular formula is C28H28BN3O4. The fourth-order valence-electron chi connectivity index (χ4n) is 4.01. The van der Waals surface area contributed by atoms with Crippen LogP contribution < -0.4 is 21.0 Å². The number of carbonyl (C=O) groups excluding carboxylic acids is 2. The van der Waals surface area contributed by atoms with Crippen molar-refractivity contribution in [3.05, 3.63) is 96.1 Å². The van der Waals surface area contributed by atoms with E-state index in [0.717, 1.165) is 27.7 Å². The molecule has 7 nitrogen and oxygen atoms in total. The molecule has 4 aromatic rings. The van der Waals surface area contributed by atoms with E-state index in [1.54, 1.807) is 19.1 Å². The Kier molecular flexibility index (Phi) is 7.68. The van der Waals surface area contributed by atoms with E-state index in [9.17, 15) is 19.6 Å². The molecule has 0 fully saturated rings. The van der Waals surface area contributed by atoms with Gasteiger partial charge in [0.25, 0.3) is 0 Å². The van der Waals surface area contributed by atoms with Crippen molar-refractivity contribution >= 4 is 52.1 Å². The lowest BCUT2D eigenvalue weighted by molar-refractivity contribution is -0.114. The number of likely N-dealkylation sites (N-methyl/N-ethyl adjacent to an activating group) is 1. The number of amides is 1. The Bertz CT molecular complexity index is 1390. The quantitative estimate of drug-likeness (QED) is 0.216. The van der Waals surface area contributed by atoms with E-state index in [4.69, 9.17) is 0 Å². The molecule has 0 atom stereocenters.